The van der Waals surface area contributed by atoms with Crippen LogP contribution in [-0.4, -0.2) is 33.3 Å². The second-order valence-electron chi connectivity index (χ2n) is 5.09. The molecular weight excluding hydrogens is 300 g/mol. The fourth-order valence-corrected chi connectivity index (χ4v) is 2.98. The lowest BCUT2D eigenvalue weighted by Crippen LogP contribution is -2.13. The molecular formula is C16H12N2O5. The second kappa shape index (κ2) is 4.79. The van der Waals surface area contributed by atoms with E-state index in [1.807, 2.05) is 12.1 Å². The lowest BCUT2D eigenvalue weighted by molar-refractivity contribution is -0.0541. The standard InChI is InChI=1S/C16H12N2O5/c1-2-22-16(21)18-9-6-4-3-5-8(9)11-10(18)7-17-13-12(11)14(19)23-15(13)20/h3-7,14,19H,2H2,1H3. The van der Waals surface area contributed by atoms with Gasteiger partial charge in [-0.2, -0.15) is 0 Å². The van der Waals surface area contributed by atoms with Crippen LogP contribution in [0.2, 0.25) is 0 Å². The first-order chi connectivity index (χ1) is 11.1. The van der Waals surface area contributed by atoms with Crippen LogP contribution in [0, 0.1) is 0 Å². The van der Waals surface area contributed by atoms with Crippen LogP contribution >= 0.6 is 0 Å². The third-order valence-corrected chi connectivity index (χ3v) is 3.86. The van der Waals surface area contributed by atoms with E-state index in [1.165, 1.54) is 10.8 Å². The van der Waals surface area contributed by atoms with Crippen LogP contribution < -0.4 is 0 Å². The Morgan fingerprint density at radius 1 is 1.39 bits per heavy atom. The van der Waals surface area contributed by atoms with Gasteiger partial charge in [-0.05, 0) is 13.0 Å². The molecule has 0 aliphatic carbocycles. The molecule has 3 heterocycles. The minimum Gasteiger partial charge on any atom is -0.449 e. The highest BCUT2D eigenvalue weighted by molar-refractivity contribution is 6.16. The molecule has 4 rings (SSSR count). The number of pyridine rings is 1. The maximum absolute atomic E-state index is 12.3. The summed E-state index contributed by atoms with van der Waals surface area (Å²) in [5.41, 5.74) is 1.42. The zero-order chi connectivity index (χ0) is 16.1. The summed E-state index contributed by atoms with van der Waals surface area (Å²) in [6.07, 6.45) is -0.514. The Hall–Kier alpha value is -2.93. The van der Waals surface area contributed by atoms with Gasteiger partial charge in [0.15, 0.2) is 5.69 Å². The fourth-order valence-electron chi connectivity index (χ4n) is 2.98. The molecule has 0 fully saturated rings. The largest absolute Gasteiger partial charge is 0.449 e. The average molecular weight is 312 g/mol. The number of hydrogen-bond donors (Lipinski definition) is 1. The molecule has 116 valence electrons. The number of rotatable bonds is 1. The number of aliphatic hydroxyl groups is 1. The number of ether oxygens (including phenoxy) is 2. The van der Waals surface area contributed by atoms with Gasteiger partial charge in [0, 0.05) is 10.8 Å². The summed E-state index contributed by atoms with van der Waals surface area (Å²) < 4.78 is 11.3. The SMILES string of the molecule is CCOC(=O)n1c2ccccc2c2c3c(ncc21)C(=O)OC3O. The molecule has 7 heteroatoms. The third kappa shape index (κ3) is 1.77. The van der Waals surface area contributed by atoms with E-state index in [9.17, 15) is 14.7 Å². The van der Waals surface area contributed by atoms with E-state index in [0.717, 1.165) is 0 Å². The van der Waals surface area contributed by atoms with E-state index < -0.39 is 18.4 Å². The van der Waals surface area contributed by atoms with Crippen LogP contribution in [0.15, 0.2) is 30.5 Å². The van der Waals surface area contributed by atoms with Crippen molar-refractivity contribution in [2.45, 2.75) is 13.2 Å². The molecule has 23 heavy (non-hydrogen) atoms. The molecule has 1 aromatic carbocycles. The Morgan fingerprint density at radius 2 is 2.17 bits per heavy atom. The molecule has 0 saturated carbocycles. The molecule has 1 atom stereocenters. The predicted octanol–water partition coefficient (Wildman–Crippen LogP) is 2.36. The lowest BCUT2D eigenvalue weighted by Gasteiger charge is -2.06. The van der Waals surface area contributed by atoms with Crippen molar-refractivity contribution in [1.29, 1.82) is 0 Å². The smallest absolute Gasteiger partial charge is 0.419 e. The molecule has 0 amide bonds. The first kappa shape index (κ1) is 13.7. The Labute approximate surface area is 130 Å². The number of cyclic esters (lactones) is 1. The van der Waals surface area contributed by atoms with E-state index in [-0.39, 0.29) is 17.9 Å². The van der Waals surface area contributed by atoms with Crippen LogP contribution in [0.25, 0.3) is 21.8 Å². The summed E-state index contributed by atoms with van der Waals surface area (Å²) in [5.74, 6) is -0.678. The molecule has 0 bridgehead atoms. The van der Waals surface area contributed by atoms with Gasteiger partial charge in [-0.25, -0.2) is 19.1 Å². The summed E-state index contributed by atoms with van der Waals surface area (Å²) in [6.45, 7) is 1.95. The van der Waals surface area contributed by atoms with Gasteiger partial charge in [0.2, 0.25) is 6.29 Å². The monoisotopic (exact) mass is 312 g/mol. The van der Waals surface area contributed by atoms with Gasteiger partial charge in [-0.3, -0.25) is 0 Å². The van der Waals surface area contributed by atoms with Crippen LogP contribution in [0.4, 0.5) is 4.79 Å². The average Bonchev–Trinajstić information content (AvgIpc) is 3.02. The van der Waals surface area contributed by atoms with Gasteiger partial charge < -0.3 is 14.6 Å². The van der Waals surface area contributed by atoms with E-state index in [2.05, 4.69) is 4.98 Å². The maximum atomic E-state index is 12.3. The second-order valence-corrected chi connectivity index (χ2v) is 5.09. The van der Waals surface area contributed by atoms with Gasteiger partial charge in [0.1, 0.15) is 0 Å². The minimum absolute atomic E-state index is 0.0664. The van der Waals surface area contributed by atoms with Crippen LogP contribution in [0.5, 0.6) is 0 Å². The number of aromatic nitrogens is 2. The Kier molecular flexibility index (Phi) is 2.85. The highest BCUT2D eigenvalue weighted by atomic mass is 16.6. The predicted molar refractivity (Wildman–Crippen MR) is 80.0 cm³/mol. The molecule has 0 radical (unpaired) electrons. The van der Waals surface area contributed by atoms with E-state index >= 15 is 0 Å². The number of esters is 1. The normalized spacial score (nSPS) is 16.6. The first-order valence-corrected chi connectivity index (χ1v) is 7.11. The molecule has 0 spiro atoms. The zero-order valence-electron chi connectivity index (χ0n) is 12.1. The highest BCUT2D eigenvalue weighted by Crippen LogP contribution is 2.39. The number of carbonyl (C=O) groups excluding carboxylic acids is 2. The number of benzene rings is 1. The molecule has 1 N–H and O–H groups in total. The summed E-state index contributed by atoms with van der Waals surface area (Å²) in [7, 11) is 0. The van der Waals surface area contributed by atoms with Crippen molar-refractivity contribution in [3.63, 3.8) is 0 Å². The third-order valence-electron chi connectivity index (χ3n) is 3.86. The van der Waals surface area contributed by atoms with E-state index in [0.29, 0.717) is 21.8 Å². The number of fused-ring (bicyclic) bond motifs is 5. The van der Waals surface area contributed by atoms with Gasteiger partial charge in [-0.15, -0.1) is 0 Å². The van der Waals surface area contributed by atoms with Gasteiger partial charge in [0.05, 0.1) is 29.4 Å². The maximum Gasteiger partial charge on any atom is 0.419 e. The molecule has 1 aliphatic heterocycles. The van der Waals surface area contributed by atoms with Gasteiger partial charge in [0.25, 0.3) is 0 Å². The Bertz CT molecular complexity index is 975. The summed E-state index contributed by atoms with van der Waals surface area (Å²) in [5, 5.41) is 11.3. The minimum atomic E-state index is -1.39. The molecule has 3 aromatic rings. The van der Waals surface area contributed by atoms with Crippen molar-refractivity contribution >= 4 is 33.9 Å². The summed E-state index contributed by atoms with van der Waals surface area (Å²) >= 11 is 0. The first-order valence-electron chi connectivity index (χ1n) is 7.11. The summed E-state index contributed by atoms with van der Waals surface area (Å²) in [6, 6.07) is 7.18. The molecule has 1 aliphatic rings. The van der Waals surface area contributed by atoms with Crippen molar-refractivity contribution in [3.05, 3.63) is 41.7 Å². The molecule has 7 nitrogen and oxygen atoms in total. The van der Waals surface area contributed by atoms with Crippen molar-refractivity contribution in [2.24, 2.45) is 0 Å². The van der Waals surface area contributed by atoms with Crippen LogP contribution in [0.3, 0.4) is 0 Å². The molecule has 0 saturated heterocycles. The van der Waals surface area contributed by atoms with Crippen molar-refractivity contribution < 1.29 is 24.2 Å². The molecule has 2 aromatic heterocycles. The summed E-state index contributed by atoms with van der Waals surface area (Å²) in [4.78, 5) is 28.1. The lowest BCUT2D eigenvalue weighted by atomic mass is 10.1. The highest BCUT2D eigenvalue weighted by Gasteiger charge is 2.35. The van der Waals surface area contributed by atoms with Crippen LogP contribution in [0.1, 0.15) is 29.3 Å². The Balaban J connectivity index is 2.17. The van der Waals surface area contributed by atoms with Crippen LogP contribution in [-0.2, 0) is 9.47 Å². The van der Waals surface area contributed by atoms with Crippen molar-refractivity contribution in [1.82, 2.24) is 9.55 Å². The van der Waals surface area contributed by atoms with Crippen molar-refractivity contribution in [2.75, 3.05) is 6.61 Å². The van der Waals surface area contributed by atoms with Gasteiger partial charge in [-0.1, -0.05) is 18.2 Å². The number of hydrogen-bond acceptors (Lipinski definition) is 6. The number of carbonyl (C=O) groups is 2. The fraction of sp³-hybridized carbons (Fsp3) is 0.188. The number of para-hydroxylation sites is 1. The number of nitrogens with zero attached hydrogens (tertiary/aromatic N) is 2. The quantitative estimate of drug-likeness (QED) is 0.694. The van der Waals surface area contributed by atoms with E-state index in [1.54, 1.807) is 19.1 Å². The Morgan fingerprint density at radius 3 is 2.96 bits per heavy atom. The van der Waals surface area contributed by atoms with Crippen molar-refractivity contribution in [3.8, 4) is 0 Å². The topological polar surface area (TPSA) is 90.7 Å². The van der Waals surface area contributed by atoms with Gasteiger partial charge >= 0.3 is 12.1 Å². The van der Waals surface area contributed by atoms with E-state index in [4.69, 9.17) is 9.47 Å². The zero-order valence-corrected chi connectivity index (χ0v) is 12.1. The number of aliphatic hydroxyl groups excluding tert-OH is 1. The molecule has 1 unspecified atom stereocenters.